The van der Waals surface area contributed by atoms with Crippen LogP contribution in [0.4, 0.5) is 0 Å². The minimum atomic E-state index is -1.91. The van der Waals surface area contributed by atoms with Crippen LogP contribution in [0.2, 0.25) is 15.1 Å². The van der Waals surface area contributed by atoms with Gasteiger partial charge in [-0.2, -0.15) is 0 Å². The van der Waals surface area contributed by atoms with Gasteiger partial charge in [-0.25, -0.2) is 0 Å². The summed E-state index contributed by atoms with van der Waals surface area (Å²) in [6, 6.07) is 2.85. The number of rotatable bonds is 5. The lowest BCUT2D eigenvalue weighted by molar-refractivity contribution is -0.123. The second-order valence-electron chi connectivity index (χ2n) is 4.06. The van der Waals surface area contributed by atoms with E-state index in [1.54, 1.807) is 0 Å². The van der Waals surface area contributed by atoms with E-state index >= 15 is 0 Å². The Morgan fingerprint density at radius 3 is 2.19 bits per heavy atom. The number of carbonyl (C=O) groups is 1. The number of halogens is 6. The second kappa shape index (κ2) is 8.19. The molecule has 1 atom stereocenters. The van der Waals surface area contributed by atoms with Crippen LogP contribution in [0.5, 0.6) is 5.75 Å². The Balaban J connectivity index is 3.00. The number of amides is 1. The van der Waals surface area contributed by atoms with E-state index in [2.05, 4.69) is 5.32 Å². The lowest BCUT2D eigenvalue weighted by Crippen LogP contribution is -2.47. The first-order valence-corrected chi connectivity index (χ1v) is 8.09. The molecule has 0 bridgehead atoms. The molecule has 0 aliphatic heterocycles. The van der Waals surface area contributed by atoms with Gasteiger partial charge < -0.3 is 10.1 Å². The summed E-state index contributed by atoms with van der Waals surface area (Å²) in [5, 5.41) is 3.07. The third kappa shape index (κ3) is 6.09. The van der Waals surface area contributed by atoms with Crippen molar-refractivity contribution in [2.24, 2.45) is 0 Å². The molecule has 1 aromatic rings. The molecule has 21 heavy (non-hydrogen) atoms. The number of alkyl halides is 3. The highest BCUT2D eigenvalue weighted by Crippen LogP contribution is 2.39. The van der Waals surface area contributed by atoms with E-state index in [0.29, 0.717) is 11.4 Å². The molecule has 3 nitrogen and oxygen atoms in total. The molecule has 0 aromatic heterocycles. The summed E-state index contributed by atoms with van der Waals surface area (Å²) in [7, 11) is 0. The van der Waals surface area contributed by atoms with Crippen LogP contribution in [0.15, 0.2) is 12.1 Å². The van der Waals surface area contributed by atoms with Crippen LogP contribution in [0.25, 0.3) is 0 Å². The Bertz CT molecular complexity index is 494. The van der Waals surface area contributed by atoms with Gasteiger partial charge >= 0.3 is 0 Å². The van der Waals surface area contributed by atoms with Crippen molar-refractivity contribution in [1.82, 2.24) is 5.32 Å². The smallest absolute Gasteiger partial charge is 0.246 e. The summed E-state index contributed by atoms with van der Waals surface area (Å²) in [6.07, 6.45) is -0.346. The van der Waals surface area contributed by atoms with Crippen LogP contribution in [0, 0.1) is 0 Å². The maximum atomic E-state index is 11.7. The highest BCUT2D eigenvalue weighted by molar-refractivity contribution is 6.68. The highest BCUT2D eigenvalue weighted by atomic mass is 35.6. The Hall–Kier alpha value is 0.230. The molecule has 118 valence electrons. The third-order valence-electron chi connectivity index (χ3n) is 2.27. The monoisotopic (exact) mass is 411 g/mol. The summed E-state index contributed by atoms with van der Waals surface area (Å²) >= 11 is 35.2. The molecule has 9 heteroatoms. The minimum Gasteiger partial charge on any atom is -0.463 e. The first-order valence-electron chi connectivity index (χ1n) is 5.82. The molecule has 0 aliphatic carbocycles. The number of hydrogen-bond donors (Lipinski definition) is 1. The predicted molar refractivity (Wildman–Crippen MR) is 89.2 cm³/mol. The van der Waals surface area contributed by atoms with Crippen molar-refractivity contribution in [1.29, 1.82) is 0 Å². The molecular formula is C12H11Cl6NO2. The average molecular weight is 414 g/mol. The SMILES string of the molecule is CCCC(=O)N[C@@H](Oc1c(Cl)cc(Cl)cc1Cl)C(Cl)(Cl)Cl. The summed E-state index contributed by atoms with van der Waals surface area (Å²) in [5.74, 6) is -0.258. The van der Waals surface area contributed by atoms with Gasteiger partial charge in [0.1, 0.15) is 0 Å². The number of nitrogens with one attached hydrogen (secondary N) is 1. The Kier molecular flexibility index (Phi) is 7.51. The van der Waals surface area contributed by atoms with Crippen molar-refractivity contribution in [3.8, 4) is 5.75 Å². The molecule has 0 saturated carbocycles. The summed E-state index contributed by atoms with van der Waals surface area (Å²) in [6.45, 7) is 1.84. The standard InChI is InChI=1S/C12H11Cl6NO2/c1-2-3-9(20)19-11(12(16,17)18)21-10-7(14)4-6(13)5-8(10)15/h4-5,11H,2-3H2,1H3,(H,19,20)/t11-/m0/s1. The van der Waals surface area contributed by atoms with E-state index in [1.807, 2.05) is 6.92 Å². The number of hydrogen-bond acceptors (Lipinski definition) is 2. The van der Waals surface area contributed by atoms with Gasteiger partial charge in [-0.15, -0.1) is 0 Å². The average Bonchev–Trinajstić information content (AvgIpc) is 2.30. The van der Waals surface area contributed by atoms with Crippen LogP contribution < -0.4 is 10.1 Å². The minimum absolute atomic E-state index is 0.0656. The highest BCUT2D eigenvalue weighted by Gasteiger charge is 2.37. The fourth-order valence-corrected chi connectivity index (χ4v) is 2.59. The van der Waals surface area contributed by atoms with E-state index < -0.39 is 10.0 Å². The predicted octanol–water partition coefficient (Wildman–Crippen LogP) is 5.64. The van der Waals surface area contributed by atoms with Gasteiger partial charge in [-0.05, 0) is 18.6 Å². The van der Waals surface area contributed by atoms with Gasteiger partial charge in [0.2, 0.25) is 15.9 Å². The molecule has 1 N–H and O–H groups in total. The largest absolute Gasteiger partial charge is 0.463 e. The fourth-order valence-electron chi connectivity index (χ4n) is 1.38. The van der Waals surface area contributed by atoms with Crippen molar-refractivity contribution >= 4 is 75.5 Å². The third-order valence-corrected chi connectivity index (χ3v) is 3.64. The lowest BCUT2D eigenvalue weighted by atomic mass is 10.3. The number of benzene rings is 1. The molecule has 1 amide bonds. The van der Waals surface area contributed by atoms with E-state index in [4.69, 9.17) is 74.3 Å². The topological polar surface area (TPSA) is 38.3 Å². The normalized spacial score (nSPS) is 12.9. The number of ether oxygens (including phenoxy) is 1. The van der Waals surface area contributed by atoms with E-state index in [1.165, 1.54) is 12.1 Å². The van der Waals surface area contributed by atoms with Crippen molar-refractivity contribution < 1.29 is 9.53 Å². The summed E-state index contributed by atoms with van der Waals surface area (Å²) < 4.78 is 3.56. The van der Waals surface area contributed by atoms with Crippen molar-refractivity contribution in [3.05, 3.63) is 27.2 Å². The molecule has 0 spiro atoms. The van der Waals surface area contributed by atoms with E-state index in [-0.39, 0.29) is 28.1 Å². The van der Waals surface area contributed by atoms with Crippen LogP contribution in [0.3, 0.4) is 0 Å². The molecule has 0 radical (unpaired) electrons. The molecule has 0 heterocycles. The quantitative estimate of drug-likeness (QED) is 0.501. The van der Waals surface area contributed by atoms with E-state index in [9.17, 15) is 4.79 Å². The molecule has 1 aromatic carbocycles. The maximum Gasteiger partial charge on any atom is 0.246 e. The zero-order valence-corrected chi connectivity index (χ0v) is 15.3. The summed E-state index contributed by atoms with van der Waals surface area (Å²) in [5.41, 5.74) is 0. The first kappa shape index (κ1) is 19.3. The molecular weight excluding hydrogens is 403 g/mol. The Morgan fingerprint density at radius 2 is 1.76 bits per heavy atom. The van der Waals surface area contributed by atoms with Gasteiger partial charge in [-0.3, -0.25) is 4.79 Å². The van der Waals surface area contributed by atoms with Crippen LogP contribution in [0.1, 0.15) is 19.8 Å². The lowest BCUT2D eigenvalue weighted by Gasteiger charge is -2.27. The van der Waals surface area contributed by atoms with Gasteiger partial charge in [0.05, 0.1) is 10.0 Å². The van der Waals surface area contributed by atoms with Crippen molar-refractivity contribution in [2.75, 3.05) is 0 Å². The molecule has 1 rings (SSSR count). The van der Waals surface area contributed by atoms with E-state index in [0.717, 1.165) is 0 Å². The van der Waals surface area contributed by atoms with Gasteiger partial charge in [-0.1, -0.05) is 76.5 Å². The molecule has 0 aliphatic rings. The molecule has 0 fully saturated rings. The maximum absolute atomic E-state index is 11.7. The molecule has 0 saturated heterocycles. The second-order valence-corrected chi connectivity index (χ2v) is 7.68. The Morgan fingerprint density at radius 1 is 1.24 bits per heavy atom. The number of carbonyl (C=O) groups excluding carboxylic acids is 1. The molecule has 0 unspecified atom stereocenters. The van der Waals surface area contributed by atoms with Gasteiger partial charge in [0.25, 0.3) is 0 Å². The van der Waals surface area contributed by atoms with Crippen LogP contribution >= 0.6 is 69.6 Å². The van der Waals surface area contributed by atoms with Crippen molar-refractivity contribution in [2.45, 2.75) is 29.8 Å². The first-order chi connectivity index (χ1) is 9.65. The zero-order valence-electron chi connectivity index (χ0n) is 10.7. The fraction of sp³-hybridized carbons (Fsp3) is 0.417. The van der Waals surface area contributed by atoms with Gasteiger partial charge in [0, 0.05) is 11.4 Å². The Labute approximate surface area is 152 Å². The van der Waals surface area contributed by atoms with Crippen molar-refractivity contribution in [3.63, 3.8) is 0 Å². The zero-order chi connectivity index (χ0) is 16.2. The summed E-state index contributed by atoms with van der Waals surface area (Å²) in [4.78, 5) is 11.7. The van der Waals surface area contributed by atoms with Crippen LogP contribution in [-0.4, -0.2) is 15.9 Å². The van der Waals surface area contributed by atoms with Gasteiger partial charge in [0.15, 0.2) is 5.75 Å². The van der Waals surface area contributed by atoms with Crippen LogP contribution in [-0.2, 0) is 4.79 Å².